The smallest absolute Gasteiger partial charge is 0.318 e. The lowest BCUT2D eigenvalue weighted by Gasteiger charge is -2.40. The number of methoxy groups -OCH3 is 1. The average Bonchev–Trinajstić information content (AvgIpc) is 2.27. The summed E-state index contributed by atoms with van der Waals surface area (Å²) in [6.07, 6.45) is -9.39. The Hall–Kier alpha value is -0.610. The van der Waals surface area contributed by atoms with Gasteiger partial charge in [0.1, 0.15) is 0 Å². The molecule has 0 aromatic carbocycles. The molecule has 10 heteroatoms. The van der Waals surface area contributed by atoms with Gasteiger partial charge in [-0.1, -0.05) is 0 Å². The Morgan fingerprint density at radius 3 is 1.50 bits per heavy atom. The first kappa shape index (κ1) is 15.4. The second-order valence-electron chi connectivity index (χ2n) is 3.70. The lowest BCUT2D eigenvalue weighted by atomic mass is 10.3. The standard InChI is InChI=1S/C8H11F7N2O/c1-18-7(11,12)6(9,10)16-2-4-17(5-3-16)8(13,14)15/h2-5H2,1H3. The summed E-state index contributed by atoms with van der Waals surface area (Å²) in [5.74, 6) is 0. The number of halogens is 7. The third-order valence-corrected chi connectivity index (χ3v) is 2.64. The molecule has 1 rings (SSSR count). The molecule has 0 N–H and O–H groups in total. The highest BCUT2D eigenvalue weighted by Crippen LogP contribution is 2.38. The largest absolute Gasteiger partial charge is 0.460 e. The predicted molar refractivity (Wildman–Crippen MR) is 46.1 cm³/mol. The number of rotatable bonds is 3. The molecule has 0 spiro atoms. The van der Waals surface area contributed by atoms with Gasteiger partial charge in [-0.2, -0.15) is 30.7 Å². The second-order valence-corrected chi connectivity index (χ2v) is 3.70. The van der Waals surface area contributed by atoms with Crippen LogP contribution < -0.4 is 0 Å². The first-order chi connectivity index (χ1) is 8.02. The molecule has 1 aliphatic heterocycles. The summed E-state index contributed by atoms with van der Waals surface area (Å²) < 4.78 is 92.1. The van der Waals surface area contributed by atoms with E-state index in [4.69, 9.17) is 0 Å². The van der Waals surface area contributed by atoms with E-state index in [1.807, 2.05) is 0 Å². The molecule has 1 saturated heterocycles. The summed E-state index contributed by atoms with van der Waals surface area (Å²) in [4.78, 5) is -0.0245. The second kappa shape index (κ2) is 4.82. The van der Waals surface area contributed by atoms with E-state index in [9.17, 15) is 30.7 Å². The van der Waals surface area contributed by atoms with Crippen molar-refractivity contribution in [2.24, 2.45) is 0 Å². The molecule has 1 aliphatic rings. The van der Waals surface area contributed by atoms with Crippen LogP contribution in [0.25, 0.3) is 0 Å². The van der Waals surface area contributed by atoms with Crippen LogP contribution in [0.15, 0.2) is 0 Å². The van der Waals surface area contributed by atoms with E-state index in [2.05, 4.69) is 4.74 Å². The first-order valence-corrected chi connectivity index (χ1v) is 4.90. The van der Waals surface area contributed by atoms with Crippen molar-refractivity contribution in [3.05, 3.63) is 0 Å². The zero-order valence-electron chi connectivity index (χ0n) is 9.28. The minimum Gasteiger partial charge on any atom is -0.318 e. The molecule has 0 aromatic heterocycles. The Bertz CT molecular complexity index is 286. The average molecular weight is 284 g/mol. The third kappa shape index (κ3) is 2.86. The minimum atomic E-state index is -4.74. The maximum Gasteiger partial charge on any atom is 0.460 e. The monoisotopic (exact) mass is 284 g/mol. The lowest BCUT2D eigenvalue weighted by molar-refractivity contribution is -0.388. The van der Waals surface area contributed by atoms with E-state index in [0.29, 0.717) is 7.11 Å². The van der Waals surface area contributed by atoms with Crippen LogP contribution in [-0.2, 0) is 4.74 Å². The quantitative estimate of drug-likeness (QED) is 0.582. The molecule has 108 valence electrons. The van der Waals surface area contributed by atoms with Gasteiger partial charge in [0, 0.05) is 33.3 Å². The number of piperazine rings is 1. The molecule has 0 radical (unpaired) electrons. The van der Waals surface area contributed by atoms with Crippen molar-refractivity contribution in [3.63, 3.8) is 0 Å². The van der Waals surface area contributed by atoms with E-state index < -0.39 is 44.6 Å². The Morgan fingerprint density at radius 2 is 1.17 bits per heavy atom. The Balaban J connectivity index is 2.68. The van der Waals surface area contributed by atoms with Crippen molar-refractivity contribution in [1.29, 1.82) is 0 Å². The maximum absolute atomic E-state index is 13.3. The zero-order valence-corrected chi connectivity index (χ0v) is 9.28. The van der Waals surface area contributed by atoms with Crippen LogP contribution in [0.1, 0.15) is 0 Å². The first-order valence-electron chi connectivity index (χ1n) is 4.90. The molecule has 0 aliphatic carbocycles. The number of hydrogen-bond donors (Lipinski definition) is 0. The van der Waals surface area contributed by atoms with Gasteiger partial charge in [0.15, 0.2) is 0 Å². The van der Waals surface area contributed by atoms with Gasteiger partial charge in [-0.25, -0.2) is 9.80 Å². The molecule has 1 heterocycles. The molecular weight excluding hydrogens is 273 g/mol. The van der Waals surface area contributed by atoms with Crippen molar-refractivity contribution in [2.45, 2.75) is 18.5 Å². The SMILES string of the molecule is COC(F)(F)C(F)(F)N1CCN(C(F)(F)F)CC1. The predicted octanol–water partition coefficient (Wildman–Crippen LogP) is 1.96. The molecule has 3 nitrogen and oxygen atoms in total. The highest BCUT2D eigenvalue weighted by Gasteiger charge is 2.62. The van der Waals surface area contributed by atoms with Crippen molar-refractivity contribution in [1.82, 2.24) is 9.80 Å². The topological polar surface area (TPSA) is 15.7 Å². The van der Waals surface area contributed by atoms with Crippen molar-refractivity contribution >= 4 is 0 Å². The number of alkyl halides is 7. The summed E-state index contributed by atoms with van der Waals surface area (Å²) >= 11 is 0. The van der Waals surface area contributed by atoms with Gasteiger partial charge in [0.05, 0.1) is 0 Å². The van der Waals surface area contributed by atoms with Gasteiger partial charge >= 0.3 is 18.5 Å². The molecule has 0 aromatic rings. The molecule has 0 bridgehead atoms. The van der Waals surface area contributed by atoms with E-state index in [-0.39, 0.29) is 9.80 Å². The fourth-order valence-electron chi connectivity index (χ4n) is 1.55. The number of nitrogens with zero attached hydrogens (tertiary/aromatic N) is 2. The zero-order chi connectivity index (χ0) is 14.2. The van der Waals surface area contributed by atoms with Crippen LogP contribution in [0, 0.1) is 0 Å². The molecule has 0 unspecified atom stereocenters. The Labute approximate surface area is 98.1 Å². The number of ether oxygens (including phenoxy) is 1. The van der Waals surface area contributed by atoms with Crippen LogP contribution in [0.2, 0.25) is 0 Å². The van der Waals surface area contributed by atoms with Gasteiger partial charge in [0.25, 0.3) is 0 Å². The summed E-state index contributed by atoms with van der Waals surface area (Å²) in [7, 11) is 0.403. The summed E-state index contributed by atoms with van der Waals surface area (Å²) in [5, 5.41) is 0. The molecule has 0 saturated carbocycles. The van der Waals surface area contributed by atoms with Crippen LogP contribution in [0.4, 0.5) is 30.7 Å². The lowest BCUT2D eigenvalue weighted by Crippen LogP contribution is -2.62. The summed E-state index contributed by atoms with van der Waals surface area (Å²) in [5.41, 5.74) is 0. The summed E-state index contributed by atoms with van der Waals surface area (Å²) in [6, 6.07) is -4.64. The third-order valence-electron chi connectivity index (χ3n) is 2.64. The van der Waals surface area contributed by atoms with Crippen molar-refractivity contribution in [2.75, 3.05) is 33.3 Å². The van der Waals surface area contributed by atoms with Crippen molar-refractivity contribution in [3.8, 4) is 0 Å². The van der Waals surface area contributed by atoms with Crippen molar-refractivity contribution < 1.29 is 35.5 Å². The van der Waals surface area contributed by atoms with E-state index in [1.54, 1.807) is 0 Å². The molecule has 1 fully saturated rings. The van der Waals surface area contributed by atoms with Crippen LogP contribution in [0.5, 0.6) is 0 Å². The Morgan fingerprint density at radius 1 is 0.778 bits per heavy atom. The van der Waals surface area contributed by atoms with Crippen LogP contribution in [-0.4, -0.2) is 61.5 Å². The maximum atomic E-state index is 13.3. The molecule has 18 heavy (non-hydrogen) atoms. The van der Waals surface area contributed by atoms with E-state index in [1.165, 1.54) is 0 Å². The van der Waals surface area contributed by atoms with Crippen LogP contribution in [0.3, 0.4) is 0 Å². The molecule has 0 atom stereocenters. The molecular formula is C8H11F7N2O. The number of hydrogen-bond acceptors (Lipinski definition) is 3. The van der Waals surface area contributed by atoms with Crippen LogP contribution >= 0.6 is 0 Å². The normalized spacial score (nSPS) is 21.3. The van der Waals surface area contributed by atoms with E-state index in [0.717, 1.165) is 0 Å². The van der Waals surface area contributed by atoms with Gasteiger partial charge in [0.2, 0.25) is 0 Å². The highest BCUT2D eigenvalue weighted by molar-refractivity contribution is 4.83. The van der Waals surface area contributed by atoms with Gasteiger partial charge in [-0.15, -0.1) is 0 Å². The Kier molecular flexibility index (Phi) is 4.13. The minimum absolute atomic E-state index is 0.00940. The highest BCUT2D eigenvalue weighted by atomic mass is 19.4. The van der Waals surface area contributed by atoms with Gasteiger partial charge in [-0.3, -0.25) is 0 Å². The fourth-order valence-corrected chi connectivity index (χ4v) is 1.55. The van der Waals surface area contributed by atoms with E-state index >= 15 is 0 Å². The fraction of sp³-hybridized carbons (Fsp3) is 1.00. The van der Waals surface area contributed by atoms with Gasteiger partial charge < -0.3 is 4.74 Å². The molecule has 0 amide bonds. The van der Waals surface area contributed by atoms with Gasteiger partial charge in [-0.05, 0) is 0 Å². The summed E-state index contributed by atoms with van der Waals surface area (Å²) in [6.45, 7) is -3.24.